The minimum atomic E-state index is -0.586. The molecule has 1 N–H and O–H groups in total. The van der Waals surface area contributed by atoms with Gasteiger partial charge in [-0.15, -0.1) is 0 Å². The number of fused-ring (bicyclic) bond motifs is 7. The van der Waals surface area contributed by atoms with Gasteiger partial charge in [0.05, 0.1) is 5.41 Å². The Kier molecular flexibility index (Phi) is 4.83. The topological polar surface area (TPSA) is 54.4 Å². The van der Waals surface area contributed by atoms with Crippen molar-refractivity contribution in [2.75, 3.05) is 0 Å². The molecule has 0 aromatic carbocycles. The molecule has 0 aromatic rings. The van der Waals surface area contributed by atoms with Gasteiger partial charge in [0.1, 0.15) is 5.78 Å². The molecule has 0 radical (unpaired) electrons. The van der Waals surface area contributed by atoms with Crippen molar-refractivity contribution in [2.24, 2.45) is 50.2 Å². The van der Waals surface area contributed by atoms with E-state index in [1.807, 2.05) is 0 Å². The van der Waals surface area contributed by atoms with Crippen molar-refractivity contribution in [1.29, 1.82) is 0 Å². The molecular weight excluding hydrogens is 408 g/mol. The Morgan fingerprint density at radius 2 is 1.45 bits per heavy atom. The van der Waals surface area contributed by atoms with Gasteiger partial charge in [-0.1, -0.05) is 60.1 Å². The zero-order valence-electron chi connectivity index (χ0n) is 22.1. The van der Waals surface area contributed by atoms with Crippen LogP contribution in [0.25, 0.3) is 0 Å². The molecule has 0 heterocycles. The maximum atomic E-state index is 12.9. The van der Waals surface area contributed by atoms with Crippen LogP contribution in [0.1, 0.15) is 113 Å². The Hall–Kier alpha value is -1.12. The first-order chi connectivity index (χ1) is 15.1. The summed E-state index contributed by atoms with van der Waals surface area (Å²) in [6.07, 6.45) is 12.3. The SMILES string of the molecule is CC1(C)CC[C@]2(C(=O)O)CC=C3[C@]4(C)CC[C@H]5C(C)(C)C(=O)CC[C@]5(C)[C@H]4CC[C@@]3(C)[C@@H]2C1. The Morgan fingerprint density at radius 3 is 2.09 bits per heavy atom. The molecule has 4 saturated carbocycles. The van der Waals surface area contributed by atoms with Gasteiger partial charge in [-0.25, -0.2) is 0 Å². The summed E-state index contributed by atoms with van der Waals surface area (Å²) in [5.74, 6) is 1.17. The van der Waals surface area contributed by atoms with Crippen LogP contribution in [-0.2, 0) is 9.59 Å². The maximum absolute atomic E-state index is 12.9. The summed E-state index contributed by atoms with van der Waals surface area (Å²) in [5, 5.41) is 10.5. The molecule has 0 saturated heterocycles. The van der Waals surface area contributed by atoms with Crippen LogP contribution >= 0.6 is 0 Å². The van der Waals surface area contributed by atoms with E-state index in [4.69, 9.17) is 0 Å². The number of allylic oxidation sites excluding steroid dienone is 2. The summed E-state index contributed by atoms with van der Waals surface area (Å²) in [6.45, 7) is 16.6. The number of rotatable bonds is 1. The molecule has 4 fully saturated rings. The lowest BCUT2D eigenvalue weighted by atomic mass is 9.34. The molecule has 0 bridgehead atoms. The third-order valence-corrected chi connectivity index (χ3v) is 12.5. The second kappa shape index (κ2) is 6.76. The summed E-state index contributed by atoms with van der Waals surface area (Å²) >= 11 is 0. The van der Waals surface area contributed by atoms with E-state index in [1.165, 1.54) is 6.42 Å². The number of carboxylic acids is 1. The smallest absolute Gasteiger partial charge is 0.310 e. The largest absolute Gasteiger partial charge is 0.481 e. The number of aliphatic carboxylic acids is 1. The molecule has 33 heavy (non-hydrogen) atoms. The Morgan fingerprint density at radius 1 is 0.848 bits per heavy atom. The summed E-state index contributed by atoms with van der Waals surface area (Å²) in [6, 6.07) is 0. The summed E-state index contributed by atoms with van der Waals surface area (Å²) < 4.78 is 0. The van der Waals surface area contributed by atoms with E-state index in [0.29, 0.717) is 24.0 Å². The fourth-order valence-corrected chi connectivity index (χ4v) is 10.7. The fraction of sp³-hybridized carbons (Fsp3) is 0.867. The highest BCUT2D eigenvalue weighted by atomic mass is 16.4. The lowest BCUT2D eigenvalue weighted by molar-refractivity contribution is -0.178. The number of Topliss-reactive ketones (excluding diaryl/α,β-unsaturated/α-hetero) is 1. The molecule has 0 unspecified atom stereocenters. The van der Waals surface area contributed by atoms with Gasteiger partial charge in [0.25, 0.3) is 0 Å². The van der Waals surface area contributed by atoms with Crippen LogP contribution in [-0.4, -0.2) is 16.9 Å². The van der Waals surface area contributed by atoms with Crippen LogP contribution in [0.4, 0.5) is 0 Å². The Balaban J connectivity index is 1.59. The molecule has 0 spiro atoms. The molecule has 7 atom stereocenters. The van der Waals surface area contributed by atoms with E-state index in [-0.39, 0.29) is 33.0 Å². The summed E-state index contributed by atoms with van der Waals surface area (Å²) in [5.41, 5.74) is 1.30. The number of hydrogen-bond donors (Lipinski definition) is 1. The van der Waals surface area contributed by atoms with Gasteiger partial charge < -0.3 is 5.11 Å². The van der Waals surface area contributed by atoms with E-state index in [2.05, 4.69) is 54.5 Å². The van der Waals surface area contributed by atoms with E-state index in [9.17, 15) is 14.7 Å². The summed E-state index contributed by atoms with van der Waals surface area (Å²) in [4.78, 5) is 25.7. The van der Waals surface area contributed by atoms with Crippen LogP contribution < -0.4 is 0 Å². The Bertz CT molecular complexity index is 927. The minimum absolute atomic E-state index is 0.0250. The van der Waals surface area contributed by atoms with E-state index in [1.54, 1.807) is 5.57 Å². The van der Waals surface area contributed by atoms with E-state index < -0.39 is 11.4 Å². The van der Waals surface area contributed by atoms with Crippen LogP contribution in [0.3, 0.4) is 0 Å². The van der Waals surface area contributed by atoms with E-state index in [0.717, 1.165) is 51.4 Å². The molecule has 0 aliphatic heterocycles. The van der Waals surface area contributed by atoms with Crippen LogP contribution in [0.5, 0.6) is 0 Å². The zero-order chi connectivity index (χ0) is 24.2. The quantitative estimate of drug-likeness (QED) is 0.419. The number of hydrogen-bond acceptors (Lipinski definition) is 2. The van der Waals surface area contributed by atoms with Crippen molar-refractivity contribution in [3.63, 3.8) is 0 Å². The number of carboxylic acid groups (broad SMARTS) is 1. The van der Waals surface area contributed by atoms with Gasteiger partial charge in [-0.05, 0) is 97.2 Å². The Labute approximate surface area is 201 Å². The van der Waals surface area contributed by atoms with Gasteiger partial charge >= 0.3 is 5.97 Å². The highest BCUT2D eigenvalue weighted by molar-refractivity contribution is 5.85. The third kappa shape index (κ3) is 2.86. The van der Waals surface area contributed by atoms with E-state index >= 15 is 0 Å². The van der Waals surface area contributed by atoms with Gasteiger partial charge in [0.2, 0.25) is 0 Å². The van der Waals surface area contributed by atoms with Gasteiger partial charge in [0, 0.05) is 11.8 Å². The first-order valence-electron chi connectivity index (χ1n) is 13.6. The molecule has 184 valence electrons. The van der Waals surface area contributed by atoms with Crippen molar-refractivity contribution in [3.8, 4) is 0 Å². The zero-order valence-corrected chi connectivity index (χ0v) is 22.1. The predicted octanol–water partition coefficient (Wildman–Crippen LogP) is 7.44. The highest BCUT2D eigenvalue weighted by Gasteiger charge is 2.68. The van der Waals surface area contributed by atoms with Crippen molar-refractivity contribution in [1.82, 2.24) is 0 Å². The number of ketones is 1. The second-order valence-electron chi connectivity index (χ2n) is 14.9. The first kappa shape index (κ1) is 23.6. The van der Waals surface area contributed by atoms with Crippen LogP contribution in [0.15, 0.2) is 11.6 Å². The van der Waals surface area contributed by atoms with Crippen molar-refractivity contribution in [3.05, 3.63) is 11.6 Å². The fourth-order valence-electron chi connectivity index (χ4n) is 10.7. The van der Waals surface area contributed by atoms with Crippen molar-refractivity contribution >= 4 is 11.8 Å². The van der Waals surface area contributed by atoms with Gasteiger partial charge in [0.15, 0.2) is 0 Å². The lowest BCUT2D eigenvalue weighted by Crippen LogP contribution is -2.63. The summed E-state index contributed by atoms with van der Waals surface area (Å²) in [7, 11) is 0. The van der Waals surface area contributed by atoms with Crippen molar-refractivity contribution in [2.45, 2.75) is 113 Å². The van der Waals surface area contributed by atoms with Gasteiger partial charge in [-0.3, -0.25) is 9.59 Å². The predicted molar refractivity (Wildman–Crippen MR) is 132 cm³/mol. The second-order valence-corrected chi connectivity index (χ2v) is 14.9. The average molecular weight is 455 g/mol. The lowest BCUT2D eigenvalue weighted by Gasteiger charge is -2.69. The van der Waals surface area contributed by atoms with Crippen LogP contribution in [0, 0.1) is 50.2 Å². The molecular formula is C30H46O3. The molecule has 3 heteroatoms. The molecule has 5 rings (SSSR count). The van der Waals surface area contributed by atoms with Gasteiger partial charge in [-0.2, -0.15) is 0 Å². The van der Waals surface area contributed by atoms with Crippen LogP contribution in [0.2, 0.25) is 0 Å². The average Bonchev–Trinajstić information content (AvgIpc) is 2.70. The number of carbonyl (C=O) groups is 2. The molecule has 0 aromatic heterocycles. The molecule has 5 aliphatic carbocycles. The highest BCUT2D eigenvalue weighted by Crippen LogP contribution is 2.74. The molecule has 0 amide bonds. The normalized spacial score (nSPS) is 50.2. The standard InChI is InChI=1S/C30H46O3/c1-25(2)16-17-30(24(32)33)15-10-21-28(6)12-8-19-26(3,4)23(31)11-14-27(19,5)20(28)9-13-29(21,7)22(30)18-25/h10,19-20,22H,8-9,11-18H2,1-7H3,(H,32,33)/t19-,20+,22-,27-,28+,29+,30+/m0/s1. The first-order valence-corrected chi connectivity index (χ1v) is 13.6. The monoisotopic (exact) mass is 454 g/mol. The number of carbonyl (C=O) groups excluding carboxylic acids is 1. The molecule has 3 nitrogen and oxygen atoms in total. The third-order valence-electron chi connectivity index (χ3n) is 12.5. The minimum Gasteiger partial charge on any atom is -0.481 e. The maximum Gasteiger partial charge on any atom is 0.310 e. The molecule has 5 aliphatic rings. The van der Waals surface area contributed by atoms with Crippen molar-refractivity contribution < 1.29 is 14.7 Å².